The molecule has 0 saturated carbocycles. The van der Waals surface area contributed by atoms with Crippen molar-refractivity contribution in [1.82, 2.24) is 10.2 Å². The highest BCUT2D eigenvalue weighted by atomic mass is 35.5. The molecule has 4 nitrogen and oxygen atoms in total. The van der Waals surface area contributed by atoms with Crippen LogP contribution in [0.2, 0.25) is 10.0 Å². The largest absolute Gasteiger partial charge is 0.373 e. The molecule has 0 radical (unpaired) electrons. The van der Waals surface area contributed by atoms with Gasteiger partial charge in [-0.1, -0.05) is 29.3 Å². The molecule has 0 unspecified atom stereocenters. The Morgan fingerprint density at radius 1 is 1.32 bits per heavy atom. The third-order valence-corrected chi connectivity index (χ3v) is 4.18. The SMILES string of the molecule is C[C@@H]1CN(CC(=O)NCCc2ccc(Cl)cc2Cl)C[C@@H](C)O1. The van der Waals surface area contributed by atoms with Gasteiger partial charge in [-0.25, -0.2) is 0 Å². The summed E-state index contributed by atoms with van der Waals surface area (Å²) in [6.45, 7) is 6.62. The highest BCUT2D eigenvalue weighted by Gasteiger charge is 2.23. The van der Waals surface area contributed by atoms with Crippen molar-refractivity contribution in [3.63, 3.8) is 0 Å². The second kappa shape index (κ2) is 8.16. The fourth-order valence-electron chi connectivity index (χ4n) is 2.73. The third-order valence-electron chi connectivity index (χ3n) is 3.59. The van der Waals surface area contributed by atoms with Gasteiger partial charge in [-0.05, 0) is 38.0 Å². The van der Waals surface area contributed by atoms with Crippen molar-refractivity contribution < 1.29 is 9.53 Å². The second-order valence-electron chi connectivity index (χ2n) is 5.79. The molecule has 22 heavy (non-hydrogen) atoms. The van der Waals surface area contributed by atoms with Gasteiger partial charge in [0.15, 0.2) is 0 Å². The number of nitrogens with zero attached hydrogens (tertiary/aromatic N) is 1. The van der Waals surface area contributed by atoms with Crippen LogP contribution in [0.25, 0.3) is 0 Å². The van der Waals surface area contributed by atoms with Crippen molar-refractivity contribution in [3.8, 4) is 0 Å². The van der Waals surface area contributed by atoms with Crippen LogP contribution in [-0.4, -0.2) is 49.2 Å². The van der Waals surface area contributed by atoms with Gasteiger partial charge in [0, 0.05) is 29.7 Å². The molecule has 0 aliphatic carbocycles. The molecule has 1 aromatic carbocycles. The average molecular weight is 345 g/mol. The molecular weight excluding hydrogens is 323 g/mol. The van der Waals surface area contributed by atoms with E-state index in [9.17, 15) is 4.79 Å². The Morgan fingerprint density at radius 3 is 2.64 bits per heavy atom. The number of halogens is 2. The lowest BCUT2D eigenvalue weighted by Gasteiger charge is -2.34. The first kappa shape index (κ1) is 17.5. The molecule has 122 valence electrons. The Balaban J connectivity index is 1.73. The molecule has 1 heterocycles. The molecule has 0 bridgehead atoms. The van der Waals surface area contributed by atoms with Crippen LogP contribution < -0.4 is 5.32 Å². The van der Waals surface area contributed by atoms with E-state index in [0.29, 0.717) is 29.6 Å². The maximum Gasteiger partial charge on any atom is 0.234 e. The summed E-state index contributed by atoms with van der Waals surface area (Å²) in [4.78, 5) is 14.1. The Bertz CT molecular complexity index is 515. The minimum atomic E-state index is 0.0337. The molecule has 1 aliphatic heterocycles. The van der Waals surface area contributed by atoms with Crippen molar-refractivity contribution in [2.75, 3.05) is 26.2 Å². The zero-order valence-electron chi connectivity index (χ0n) is 12.9. The van der Waals surface area contributed by atoms with Crippen molar-refractivity contribution >= 4 is 29.1 Å². The first-order valence-corrected chi connectivity index (χ1v) is 8.28. The maximum atomic E-state index is 12.0. The van der Waals surface area contributed by atoms with Crippen LogP contribution in [0.5, 0.6) is 0 Å². The van der Waals surface area contributed by atoms with E-state index in [1.165, 1.54) is 0 Å². The summed E-state index contributed by atoms with van der Waals surface area (Å²) < 4.78 is 5.66. The van der Waals surface area contributed by atoms with Crippen molar-refractivity contribution in [2.45, 2.75) is 32.5 Å². The average Bonchev–Trinajstić information content (AvgIpc) is 2.40. The second-order valence-corrected chi connectivity index (χ2v) is 6.63. The summed E-state index contributed by atoms with van der Waals surface area (Å²) in [6.07, 6.45) is 1.03. The van der Waals surface area contributed by atoms with E-state index < -0.39 is 0 Å². The van der Waals surface area contributed by atoms with Crippen LogP contribution in [0.4, 0.5) is 0 Å². The summed E-state index contributed by atoms with van der Waals surface area (Å²) in [5.74, 6) is 0.0337. The van der Waals surface area contributed by atoms with E-state index in [0.717, 1.165) is 18.7 Å². The van der Waals surface area contributed by atoms with Gasteiger partial charge in [-0.15, -0.1) is 0 Å². The molecule has 1 amide bonds. The molecule has 0 spiro atoms. The summed E-state index contributed by atoms with van der Waals surface area (Å²) in [7, 11) is 0. The maximum absolute atomic E-state index is 12.0. The van der Waals surface area contributed by atoms with Gasteiger partial charge in [0.25, 0.3) is 0 Å². The zero-order chi connectivity index (χ0) is 16.1. The minimum absolute atomic E-state index is 0.0337. The third kappa shape index (κ3) is 5.43. The number of ether oxygens (including phenoxy) is 1. The monoisotopic (exact) mass is 344 g/mol. The normalized spacial score (nSPS) is 22.5. The predicted octanol–water partition coefficient (Wildman–Crippen LogP) is 2.76. The first-order chi connectivity index (χ1) is 10.4. The van der Waals surface area contributed by atoms with E-state index in [1.54, 1.807) is 12.1 Å². The summed E-state index contributed by atoms with van der Waals surface area (Å²) in [5, 5.41) is 4.19. The van der Waals surface area contributed by atoms with Gasteiger partial charge < -0.3 is 10.1 Å². The van der Waals surface area contributed by atoms with Gasteiger partial charge in [-0.2, -0.15) is 0 Å². The van der Waals surface area contributed by atoms with Crippen molar-refractivity contribution in [2.24, 2.45) is 0 Å². The van der Waals surface area contributed by atoms with E-state index in [4.69, 9.17) is 27.9 Å². The summed E-state index contributed by atoms with van der Waals surface area (Å²) in [6, 6.07) is 5.42. The molecule has 6 heteroatoms. The first-order valence-electron chi connectivity index (χ1n) is 7.52. The molecule has 1 aliphatic rings. The van der Waals surface area contributed by atoms with Crippen molar-refractivity contribution in [1.29, 1.82) is 0 Å². The number of rotatable bonds is 5. The lowest BCUT2D eigenvalue weighted by atomic mass is 10.1. The number of carbonyl (C=O) groups excluding carboxylic acids is 1. The number of hydrogen-bond acceptors (Lipinski definition) is 3. The predicted molar refractivity (Wildman–Crippen MR) is 89.6 cm³/mol. The van der Waals surface area contributed by atoms with Crippen LogP contribution >= 0.6 is 23.2 Å². The van der Waals surface area contributed by atoms with E-state index in [2.05, 4.69) is 10.2 Å². The van der Waals surface area contributed by atoms with E-state index >= 15 is 0 Å². The number of benzene rings is 1. The number of morpholine rings is 1. The summed E-state index contributed by atoms with van der Waals surface area (Å²) in [5.41, 5.74) is 0.986. The Kier molecular flexibility index (Phi) is 6.50. The van der Waals surface area contributed by atoms with Gasteiger partial charge in [-0.3, -0.25) is 9.69 Å². The van der Waals surface area contributed by atoms with Gasteiger partial charge in [0.2, 0.25) is 5.91 Å². The molecular formula is C16H22Cl2N2O2. The number of carbonyl (C=O) groups is 1. The van der Waals surface area contributed by atoms with Crippen LogP contribution in [0, 0.1) is 0 Å². The van der Waals surface area contributed by atoms with Gasteiger partial charge in [0.1, 0.15) is 0 Å². The Labute approximate surface area is 141 Å². The fourth-order valence-corrected chi connectivity index (χ4v) is 3.24. The number of hydrogen-bond donors (Lipinski definition) is 1. The highest BCUT2D eigenvalue weighted by Crippen LogP contribution is 2.21. The molecule has 2 atom stereocenters. The topological polar surface area (TPSA) is 41.6 Å². The zero-order valence-corrected chi connectivity index (χ0v) is 14.5. The molecule has 0 aromatic heterocycles. The van der Waals surface area contributed by atoms with Crippen LogP contribution in [0.3, 0.4) is 0 Å². The van der Waals surface area contributed by atoms with Crippen LogP contribution in [0.15, 0.2) is 18.2 Å². The van der Waals surface area contributed by atoms with Crippen LogP contribution in [-0.2, 0) is 16.0 Å². The Morgan fingerprint density at radius 2 is 2.00 bits per heavy atom. The standard InChI is InChI=1S/C16H22Cl2N2O2/c1-11-8-20(9-12(2)22-11)10-16(21)19-6-5-13-3-4-14(17)7-15(13)18/h3-4,7,11-12H,5-6,8-10H2,1-2H3,(H,19,21)/t11-,12-/m1/s1. The van der Waals surface area contributed by atoms with Crippen LogP contribution in [0.1, 0.15) is 19.4 Å². The number of nitrogens with one attached hydrogen (secondary N) is 1. The summed E-state index contributed by atoms with van der Waals surface area (Å²) >= 11 is 12.0. The Hall–Kier alpha value is -0.810. The highest BCUT2D eigenvalue weighted by molar-refractivity contribution is 6.35. The quantitative estimate of drug-likeness (QED) is 0.892. The lowest BCUT2D eigenvalue weighted by molar-refractivity contribution is -0.125. The molecule has 1 aromatic rings. The van der Waals surface area contributed by atoms with Gasteiger partial charge in [0.05, 0.1) is 18.8 Å². The fraction of sp³-hybridized carbons (Fsp3) is 0.562. The molecule has 1 saturated heterocycles. The van der Waals surface area contributed by atoms with E-state index in [-0.39, 0.29) is 18.1 Å². The van der Waals surface area contributed by atoms with Gasteiger partial charge >= 0.3 is 0 Å². The lowest BCUT2D eigenvalue weighted by Crippen LogP contribution is -2.49. The molecule has 1 fully saturated rings. The minimum Gasteiger partial charge on any atom is -0.373 e. The molecule has 1 N–H and O–H groups in total. The number of amides is 1. The molecule has 2 rings (SSSR count). The van der Waals surface area contributed by atoms with Crippen molar-refractivity contribution in [3.05, 3.63) is 33.8 Å². The smallest absolute Gasteiger partial charge is 0.234 e. The van der Waals surface area contributed by atoms with E-state index in [1.807, 2.05) is 19.9 Å².